The molecule has 0 aliphatic carbocycles. The highest BCUT2D eigenvalue weighted by atomic mass is 16.5. The lowest BCUT2D eigenvalue weighted by Gasteiger charge is -2.16. The number of hydrogen-bond acceptors (Lipinski definition) is 9. The number of carboxylic acids is 1. The van der Waals surface area contributed by atoms with Crippen LogP contribution in [-0.4, -0.2) is 93.7 Å². The van der Waals surface area contributed by atoms with E-state index < -0.39 is 17.3 Å². The van der Waals surface area contributed by atoms with Gasteiger partial charge in [-0.05, 0) is 19.8 Å². The summed E-state index contributed by atoms with van der Waals surface area (Å²) < 4.78 is 21.2. The average Bonchev–Trinajstić information content (AvgIpc) is 2.78. The summed E-state index contributed by atoms with van der Waals surface area (Å²) in [6, 6.07) is 0. The summed E-state index contributed by atoms with van der Waals surface area (Å²) in [5.41, 5.74) is -0.415. The molecule has 0 aromatic rings. The van der Waals surface area contributed by atoms with Crippen LogP contribution in [0.4, 0.5) is 0 Å². The second-order valence-electron chi connectivity index (χ2n) is 9.48. The van der Waals surface area contributed by atoms with E-state index in [4.69, 9.17) is 24.1 Å². The van der Waals surface area contributed by atoms with Crippen molar-refractivity contribution in [3.8, 4) is 0 Å². The third-order valence-corrected chi connectivity index (χ3v) is 4.99. The van der Waals surface area contributed by atoms with Crippen molar-refractivity contribution in [1.82, 2.24) is 5.32 Å². The van der Waals surface area contributed by atoms with Crippen LogP contribution in [0.3, 0.4) is 0 Å². The maximum Gasteiger partial charge on any atom is 0.306 e. The van der Waals surface area contributed by atoms with Crippen molar-refractivity contribution in [3.05, 3.63) is 0 Å². The van der Waals surface area contributed by atoms with Crippen molar-refractivity contribution in [2.24, 2.45) is 11.3 Å². The maximum absolute atomic E-state index is 11.8. The lowest BCUT2D eigenvalue weighted by molar-refractivity contribution is -0.144. The van der Waals surface area contributed by atoms with Crippen molar-refractivity contribution in [2.75, 3.05) is 59.4 Å². The lowest BCUT2D eigenvalue weighted by Crippen LogP contribution is -2.29. The molecule has 0 unspecified atom stereocenters. The molecule has 2 N–H and O–H groups in total. The number of ether oxygens (including phenoxy) is 4. The fraction of sp³-hybridized carbons (Fsp3) is 0.800. The smallest absolute Gasteiger partial charge is 0.306 e. The van der Waals surface area contributed by atoms with E-state index in [0.717, 1.165) is 0 Å². The highest BCUT2D eigenvalue weighted by molar-refractivity contribution is 5.84. The molecule has 0 aliphatic rings. The molecule has 11 nitrogen and oxygen atoms in total. The van der Waals surface area contributed by atoms with Gasteiger partial charge in [-0.3, -0.25) is 19.2 Å². The topological polar surface area (TPSA) is 155 Å². The monoisotopic (exact) mass is 517 g/mol. The van der Waals surface area contributed by atoms with Crippen molar-refractivity contribution in [1.29, 1.82) is 0 Å². The third-order valence-electron chi connectivity index (χ3n) is 4.99. The Kier molecular flexibility index (Phi) is 18.7. The average molecular weight is 518 g/mol. The minimum atomic E-state index is -1.08. The van der Waals surface area contributed by atoms with Crippen LogP contribution in [0.15, 0.2) is 0 Å². The molecule has 1 atom stereocenters. The van der Waals surface area contributed by atoms with Gasteiger partial charge in [0.05, 0.1) is 39.0 Å². The van der Waals surface area contributed by atoms with E-state index in [1.54, 1.807) is 0 Å². The molecule has 0 bridgehead atoms. The van der Waals surface area contributed by atoms with Gasteiger partial charge < -0.3 is 34.2 Å². The Morgan fingerprint density at radius 2 is 1.39 bits per heavy atom. The number of Topliss-reactive ketones (excluding diaryl/α,β-unsaturated/α-hetero) is 3. The summed E-state index contributed by atoms with van der Waals surface area (Å²) in [6.07, 6.45) is 0.947. The minimum absolute atomic E-state index is 0.0108. The van der Waals surface area contributed by atoms with Crippen LogP contribution in [-0.2, 0) is 42.9 Å². The molecule has 0 saturated carbocycles. The van der Waals surface area contributed by atoms with Crippen LogP contribution in [0.1, 0.15) is 59.8 Å². The lowest BCUT2D eigenvalue weighted by atomic mass is 9.91. The largest absolute Gasteiger partial charge is 0.481 e. The summed E-state index contributed by atoms with van der Waals surface area (Å²) in [6.45, 7) is 9.05. The van der Waals surface area contributed by atoms with E-state index in [1.165, 1.54) is 6.92 Å². The van der Waals surface area contributed by atoms with Crippen molar-refractivity contribution in [2.45, 2.75) is 59.8 Å². The second kappa shape index (κ2) is 19.9. The van der Waals surface area contributed by atoms with Gasteiger partial charge in [-0.2, -0.15) is 0 Å². The summed E-state index contributed by atoms with van der Waals surface area (Å²) in [5.74, 6) is -2.47. The molecule has 0 rings (SSSR count). The van der Waals surface area contributed by atoms with E-state index in [2.05, 4.69) is 5.32 Å². The first-order valence-electron chi connectivity index (χ1n) is 12.3. The van der Waals surface area contributed by atoms with Crippen LogP contribution >= 0.6 is 0 Å². The Bertz CT molecular complexity index is 687. The number of carbonyl (C=O) groups excluding carboxylic acids is 4. The number of carboxylic acid groups (broad SMARTS) is 1. The van der Waals surface area contributed by atoms with Crippen LogP contribution in [0.25, 0.3) is 0 Å². The van der Waals surface area contributed by atoms with E-state index in [-0.39, 0.29) is 82.1 Å². The SMILES string of the molecule is CC(=O)C[C@@H](CCC(=O)NCCOCCOCC(=O)CCCOCCOCC(=O)C(C)(C)C)C(=O)O. The predicted molar refractivity (Wildman–Crippen MR) is 131 cm³/mol. The molecular formula is C25H43NO10. The number of ketones is 3. The van der Waals surface area contributed by atoms with Gasteiger partial charge in [-0.1, -0.05) is 20.8 Å². The van der Waals surface area contributed by atoms with Gasteiger partial charge in [-0.25, -0.2) is 0 Å². The van der Waals surface area contributed by atoms with Gasteiger partial charge >= 0.3 is 5.97 Å². The van der Waals surface area contributed by atoms with Gasteiger partial charge in [0.1, 0.15) is 19.0 Å². The highest BCUT2D eigenvalue weighted by Crippen LogP contribution is 2.14. The van der Waals surface area contributed by atoms with Crippen molar-refractivity contribution >= 4 is 29.2 Å². The van der Waals surface area contributed by atoms with E-state index in [9.17, 15) is 24.0 Å². The molecule has 208 valence electrons. The summed E-state index contributed by atoms with van der Waals surface area (Å²) in [7, 11) is 0. The number of amides is 1. The molecule has 11 heteroatoms. The minimum Gasteiger partial charge on any atom is -0.481 e. The zero-order valence-corrected chi connectivity index (χ0v) is 22.1. The van der Waals surface area contributed by atoms with Crippen LogP contribution < -0.4 is 5.32 Å². The number of rotatable bonds is 23. The number of aliphatic carboxylic acids is 1. The van der Waals surface area contributed by atoms with Crippen LogP contribution in [0.2, 0.25) is 0 Å². The molecule has 36 heavy (non-hydrogen) atoms. The van der Waals surface area contributed by atoms with Gasteiger partial charge in [0.25, 0.3) is 0 Å². The molecule has 0 spiro atoms. The maximum atomic E-state index is 11.8. The Labute approximate surface area is 213 Å². The summed E-state index contributed by atoms with van der Waals surface area (Å²) in [5, 5.41) is 11.7. The van der Waals surface area contributed by atoms with Gasteiger partial charge in [-0.15, -0.1) is 0 Å². The van der Waals surface area contributed by atoms with Crippen molar-refractivity contribution in [3.63, 3.8) is 0 Å². The van der Waals surface area contributed by atoms with Crippen molar-refractivity contribution < 1.29 is 48.0 Å². The van der Waals surface area contributed by atoms with E-state index in [0.29, 0.717) is 32.7 Å². The quantitative estimate of drug-likeness (QED) is 0.191. The summed E-state index contributed by atoms with van der Waals surface area (Å²) >= 11 is 0. The van der Waals surface area contributed by atoms with Crippen LogP contribution in [0.5, 0.6) is 0 Å². The van der Waals surface area contributed by atoms with Crippen LogP contribution in [0, 0.1) is 11.3 Å². The summed E-state index contributed by atoms with van der Waals surface area (Å²) in [4.78, 5) is 57.4. The first-order chi connectivity index (χ1) is 16.9. The molecule has 0 heterocycles. The highest BCUT2D eigenvalue weighted by Gasteiger charge is 2.21. The van der Waals surface area contributed by atoms with Gasteiger partial charge in [0.15, 0.2) is 11.6 Å². The Morgan fingerprint density at radius 1 is 0.806 bits per heavy atom. The number of nitrogens with one attached hydrogen (secondary N) is 1. The first-order valence-corrected chi connectivity index (χ1v) is 12.3. The zero-order valence-electron chi connectivity index (χ0n) is 22.1. The number of hydrogen-bond donors (Lipinski definition) is 2. The first kappa shape index (κ1) is 33.8. The normalized spacial score (nSPS) is 12.2. The van der Waals surface area contributed by atoms with Gasteiger partial charge in [0.2, 0.25) is 5.91 Å². The predicted octanol–water partition coefficient (Wildman–Crippen LogP) is 1.59. The molecule has 0 saturated heterocycles. The zero-order chi connectivity index (χ0) is 27.4. The Balaban J connectivity index is 3.54. The molecule has 0 aromatic heterocycles. The molecule has 0 aromatic carbocycles. The van der Waals surface area contributed by atoms with E-state index in [1.807, 2.05) is 20.8 Å². The van der Waals surface area contributed by atoms with Gasteiger partial charge in [0, 0.05) is 37.8 Å². The standard InChI is InChI=1S/C25H43NO10/c1-19(27)16-20(24(31)32)7-8-23(30)26-9-11-34-13-14-35-17-21(28)6-5-10-33-12-15-36-18-22(29)25(2,3)4/h20H,5-18H2,1-4H3,(H,26,30)(H,31,32)/t20-/m1/s1. The Hall–Kier alpha value is -2.21. The molecular weight excluding hydrogens is 474 g/mol. The molecule has 0 aliphatic heterocycles. The fourth-order valence-electron chi connectivity index (χ4n) is 2.77. The fourth-order valence-corrected chi connectivity index (χ4v) is 2.77. The second-order valence-corrected chi connectivity index (χ2v) is 9.48. The Morgan fingerprint density at radius 3 is 1.97 bits per heavy atom. The third kappa shape index (κ3) is 20.0. The molecule has 0 radical (unpaired) electrons. The molecule has 0 fully saturated rings. The molecule has 1 amide bonds. The number of carbonyl (C=O) groups is 5. The van der Waals surface area contributed by atoms with E-state index >= 15 is 0 Å².